The summed E-state index contributed by atoms with van der Waals surface area (Å²) in [4.78, 5) is 20.3. The predicted molar refractivity (Wildman–Crippen MR) is 71.8 cm³/mol. The van der Waals surface area contributed by atoms with Crippen molar-refractivity contribution >= 4 is 11.6 Å². The van der Waals surface area contributed by atoms with Crippen molar-refractivity contribution in [3.05, 3.63) is 45.7 Å². The van der Waals surface area contributed by atoms with Gasteiger partial charge in [-0.3, -0.25) is 14.8 Å². The predicted octanol–water partition coefficient (Wildman–Crippen LogP) is 2.54. The fraction of sp³-hybridized carbons (Fsp3) is 0.308. The van der Waals surface area contributed by atoms with Crippen molar-refractivity contribution in [3.63, 3.8) is 0 Å². The van der Waals surface area contributed by atoms with E-state index in [4.69, 9.17) is 11.6 Å². The summed E-state index contributed by atoms with van der Waals surface area (Å²) in [5, 5.41) is 0.217. The van der Waals surface area contributed by atoms with Crippen molar-refractivity contribution in [2.45, 2.75) is 26.8 Å². The first-order chi connectivity index (χ1) is 8.69. The van der Waals surface area contributed by atoms with E-state index < -0.39 is 0 Å². The Morgan fingerprint density at radius 1 is 1.33 bits per heavy atom. The van der Waals surface area contributed by atoms with E-state index in [0.29, 0.717) is 6.54 Å². The summed E-state index contributed by atoms with van der Waals surface area (Å²) in [6, 6.07) is 1.68. The first-order valence-corrected chi connectivity index (χ1v) is 6.25. The molecule has 0 spiro atoms. The van der Waals surface area contributed by atoms with Crippen molar-refractivity contribution in [1.82, 2.24) is 14.5 Å². The van der Waals surface area contributed by atoms with E-state index >= 15 is 0 Å². The Morgan fingerprint density at radius 2 is 2.11 bits per heavy atom. The highest BCUT2D eigenvalue weighted by molar-refractivity contribution is 6.30. The molecule has 2 rings (SSSR count). The van der Waals surface area contributed by atoms with Crippen LogP contribution in [0, 0.1) is 0 Å². The topological polar surface area (TPSA) is 47.8 Å². The van der Waals surface area contributed by atoms with Gasteiger partial charge in [-0.25, -0.2) is 0 Å². The zero-order chi connectivity index (χ0) is 13.1. The smallest absolute Gasteiger partial charge is 0.269 e. The number of nitrogens with zero attached hydrogens (tertiary/aromatic N) is 3. The highest BCUT2D eigenvalue weighted by atomic mass is 35.5. The molecule has 2 heterocycles. The summed E-state index contributed by atoms with van der Waals surface area (Å²) >= 11 is 6.00. The van der Waals surface area contributed by atoms with Gasteiger partial charge >= 0.3 is 0 Å². The van der Waals surface area contributed by atoms with Gasteiger partial charge < -0.3 is 4.57 Å². The Hall–Kier alpha value is -1.68. The van der Waals surface area contributed by atoms with Crippen molar-refractivity contribution in [2.24, 2.45) is 0 Å². The molecule has 0 saturated carbocycles. The van der Waals surface area contributed by atoms with Crippen LogP contribution in [0.3, 0.4) is 0 Å². The number of pyridine rings is 1. The third kappa shape index (κ3) is 2.16. The molecule has 0 saturated heterocycles. The lowest BCUT2D eigenvalue weighted by molar-refractivity contribution is 0.682. The van der Waals surface area contributed by atoms with Gasteiger partial charge in [0, 0.05) is 30.2 Å². The van der Waals surface area contributed by atoms with Gasteiger partial charge in [-0.15, -0.1) is 0 Å². The summed E-state index contributed by atoms with van der Waals surface area (Å²) in [7, 11) is 0. The lowest BCUT2D eigenvalue weighted by Gasteiger charge is -2.14. The van der Waals surface area contributed by atoms with Crippen LogP contribution in [0.4, 0.5) is 0 Å². The van der Waals surface area contributed by atoms with Crippen LogP contribution in [0.2, 0.25) is 5.02 Å². The minimum absolute atomic E-state index is 0.149. The summed E-state index contributed by atoms with van der Waals surface area (Å²) in [6.07, 6.45) is 5.66. The van der Waals surface area contributed by atoms with Crippen LogP contribution in [0.25, 0.3) is 11.3 Å². The Bertz CT molecular complexity index is 608. The molecule has 0 atom stereocenters. The largest absolute Gasteiger partial charge is 0.311 e. The Morgan fingerprint density at radius 3 is 2.67 bits per heavy atom. The van der Waals surface area contributed by atoms with Gasteiger partial charge in [-0.2, -0.15) is 0 Å². The molecule has 2 aromatic rings. The molecular weight excluding hydrogens is 250 g/mol. The van der Waals surface area contributed by atoms with Gasteiger partial charge in [0.2, 0.25) is 0 Å². The molecule has 0 fully saturated rings. The van der Waals surface area contributed by atoms with E-state index in [0.717, 1.165) is 23.4 Å². The fourth-order valence-corrected chi connectivity index (χ4v) is 2.26. The zero-order valence-electron chi connectivity index (χ0n) is 10.4. The average molecular weight is 264 g/mol. The second-order valence-electron chi connectivity index (χ2n) is 3.85. The van der Waals surface area contributed by atoms with E-state index in [1.807, 2.05) is 13.8 Å². The van der Waals surface area contributed by atoms with E-state index in [1.165, 1.54) is 0 Å². The second kappa shape index (κ2) is 5.31. The highest BCUT2D eigenvalue weighted by Crippen LogP contribution is 2.23. The lowest BCUT2D eigenvalue weighted by atomic mass is 10.1. The van der Waals surface area contributed by atoms with Crippen molar-refractivity contribution < 1.29 is 0 Å². The third-order valence-electron chi connectivity index (χ3n) is 2.85. The standard InChI is InChI=1S/C13H14ClN3O/c1-3-12-9(11-8-15-5-6-16-11)7-10(14)13(18)17(12)4-2/h5-8H,3-4H2,1-2H3. The SMILES string of the molecule is CCc1c(-c2cnccn2)cc(Cl)c(=O)n1CC. The zero-order valence-corrected chi connectivity index (χ0v) is 11.1. The lowest BCUT2D eigenvalue weighted by Crippen LogP contribution is -2.23. The molecular formula is C13H14ClN3O. The van der Waals surface area contributed by atoms with Crippen LogP contribution in [0.1, 0.15) is 19.5 Å². The van der Waals surface area contributed by atoms with Crippen molar-refractivity contribution in [3.8, 4) is 11.3 Å². The summed E-state index contributed by atoms with van der Waals surface area (Å²) in [5.74, 6) is 0. The number of hydrogen-bond acceptors (Lipinski definition) is 3. The first-order valence-electron chi connectivity index (χ1n) is 5.87. The molecule has 5 heteroatoms. The van der Waals surface area contributed by atoms with E-state index in [2.05, 4.69) is 9.97 Å². The molecule has 18 heavy (non-hydrogen) atoms. The number of aromatic nitrogens is 3. The number of rotatable bonds is 3. The van der Waals surface area contributed by atoms with Crippen LogP contribution in [-0.4, -0.2) is 14.5 Å². The normalized spacial score (nSPS) is 10.6. The summed E-state index contributed by atoms with van der Waals surface area (Å²) < 4.78 is 1.69. The maximum atomic E-state index is 12.0. The van der Waals surface area contributed by atoms with Crippen LogP contribution in [-0.2, 0) is 13.0 Å². The Kier molecular flexibility index (Phi) is 3.77. The molecule has 2 aromatic heterocycles. The minimum Gasteiger partial charge on any atom is -0.311 e. The van der Waals surface area contributed by atoms with Gasteiger partial charge in [-0.1, -0.05) is 18.5 Å². The Balaban J connectivity index is 2.75. The molecule has 0 amide bonds. The summed E-state index contributed by atoms with van der Waals surface area (Å²) in [5.41, 5.74) is 2.39. The molecule has 0 aliphatic heterocycles. The second-order valence-corrected chi connectivity index (χ2v) is 4.25. The quantitative estimate of drug-likeness (QED) is 0.855. The Labute approximate surface area is 110 Å². The van der Waals surface area contributed by atoms with E-state index in [-0.39, 0.29) is 10.6 Å². The molecule has 0 N–H and O–H groups in total. The highest BCUT2D eigenvalue weighted by Gasteiger charge is 2.13. The fourth-order valence-electron chi connectivity index (χ4n) is 2.04. The van der Waals surface area contributed by atoms with Gasteiger partial charge in [0.25, 0.3) is 5.56 Å². The third-order valence-corrected chi connectivity index (χ3v) is 3.12. The maximum Gasteiger partial charge on any atom is 0.269 e. The molecule has 4 nitrogen and oxygen atoms in total. The first kappa shape index (κ1) is 12.8. The maximum absolute atomic E-state index is 12.0. The van der Waals surface area contributed by atoms with Crippen LogP contribution in [0.15, 0.2) is 29.5 Å². The van der Waals surface area contributed by atoms with Gasteiger partial charge in [0.1, 0.15) is 5.02 Å². The van der Waals surface area contributed by atoms with Crippen molar-refractivity contribution in [1.29, 1.82) is 0 Å². The van der Waals surface area contributed by atoms with E-state index in [1.54, 1.807) is 29.2 Å². The molecule has 0 aliphatic rings. The molecule has 0 radical (unpaired) electrons. The van der Waals surface area contributed by atoms with Gasteiger partial charge in [0.05, 0.1) is 11.9 Å². The van der Waals surface area contributed by atoms with Crippen LogP contribution in [0.5, 0.6) is 0 Å². The average Bonchev–Trinajstić information content (AvgIpc) is 2.42. The number of hydrogen-bond donors (Lipinski definition) is 0. The monoisotopic (exact) mass is 263 g/mol. The van der Waals surface area contributed by atoms with Crippen LogP contribution < -0.4 is 5.56 Å². The molecule has 94 valence electrons. The van der Waals surface area contributed by atoms with Gasteiger partial charge in [0.15, 0.2) is 0 Å². The van der Waals surface area contributed by atoms with Crippen molar-refractivity contribution in [2.75, 3.05) is 0 Å². The molecule has 0 unspecified atom stereocenters. The van der Waals surface area contributed by atoms with Crippen LogP contribution >= 0.6 is 11.6 Å². The molecule has 0 aliphatic carbocycles. The van der Waals surface area contributed by atoms with E-state index in [9.17, 15) is 4.79 Å². The minimum atomic E-state index is -0.149. The molecule has 0 aromatic carbocycles. The summed E-state index contributed by atoms with van der Waals surface area (Å²) in [6.45, 7) is 4.53. The molecule has 0 bridgehead atoms. The van der Waals surface area contributed by atoms with Gasteiger partial charge in [-0.05, 0) is 19.4 Å². The number of halogens is 1.